The molecule has 0 bridgehead atoms. The van der Waals surface area contributed by atoms with Gasteiger partial charge in [-0.1, -0.05) is 38.5 Å². The largest absolute Gasteiger partial charge is 0.497 e. The fourth-order valence-corrected chi connectivity index (χ4v) is 2.29. The van der Waals surface area contributed by atoms with Crippen LogP contribution in [0.5, 0.6) is 5.75 Å². The van der Waals surface area contributed by atoms with Crippen LogP contribution in [0.25, 0.3) is 6.08 Å². The minimum atomic E-state index is -0.297. The van der Waals surface area contributed by atoms with Crippen molar-refractivity contribution < 1.29 is 14.3 Å². The first kappa shape index (κ1) is 24.0. The van der Waals surface area contributed by atoms with Crippen molar-refractivity contribution >= 4 is 12.0 Å². The molecule has 0 aromatic heterocycles. The summed E-state index contributed by atoms with van der Waals surface area (Å²) in [5.41, 5.74) is 3.40. The normalized spacial score (nSPS) is 11.3. The quantitative estimate of drug-likeness (QED) is 0.292. The highest BCUT2D eigenvalue weighted by atomic mass is 16.5. The van der Waals surface area contributed by atoms with Crippen molar-refractivity contribution in [1.82, 2.24) is 0 Å². The zero-order valence-corrected chi connectivity index (χ0v) is 17.6. The SMILES string of the molecule is CC.COc1ccc(C)c(/C=C/C(=O)OCCC(C)CCC=C(C)C)c1. The number of aryl methyl sites for hydroxylation is 1. The van der Waals surface area contributed by atoms with E-state index in [1.165, 1.54) is 11.6 Å². The molecular formula is C23H36O3. The van der Waals surface area contributed by atoms with Gasteiger partial charge in [-0.05, 0) is 75.3 Å². The van der Waals surface area contributed by atoms with Gasteiger partial charge in [0.05, 0.1) is 13.7 Å². The lowest BCUT2D eigenvalue weighted by atomic mass is 10.0. The molecule has 1 atom stereocenters. The number of rotatable bonds is 9. The molecule has 0 saturated carbocycles. The molecule has 1 unspecified atom stereocenters. The molecule has 0 heterocycles. The molecule has 0 amide bonds. The second kappa shape index (κ2) is 14.2. The number of ether oxygens (including phenoxy) is 2. The van der Waals surface area contributed by atoms with Gasteiger partial charge in [0.1, 0.15) is 5.75 Å². The third kappa shape index (κ3) is 10.8. The molecule has 0 N–H and O–H groups in total. The molecule has 3 heteroatoms. The lowest BCUT2D eigenvalue weighted by molar-refractivity contribution is -0.138. The lowest BCUT2D eigenvalue weighted by Crippen LogP contribution is -2.06. The van der Waals surface area contributed by atoms with Crippen molar-refractivity contribution in [2.45, 2.75) is 60.8 Å². The van der Waals surface area contributed by atoms with E-state index < -0.39 is 0 Å². The Morgan fingerprint density at radius 2 is 1.88 bits per heavy atom. The number of esters is 1. The number of carbonyl (C=O) groups is 1. The summed E-state index contributed by atoms with van der Waals surface area (Å²) in [5, 5.41) is 0. The summed E-state index contributed by atoms with van der Waals surface area (Å²) in [6.45, 7) is 12.9. The van der Waals surface area contributed by atoms with Crippen molar-refractivity contribution in [1.29, 1.82) is 0 Å². The maximum Gasteiger partial charge on any atom is 0.330 e. The summed E-state index contributed by atoms with van der Waals surface area (Å²) in [6.07, 6.45) is 8.62. The molecule has 0 saturated heterocycles. The van der Waals surface area contributed by atoms with Crippen LogP contribution in [0.1, 0.15) is 65.0 Å². The molecule has 3 nitrogen and oxygen atoms in total. The van der Waals surface area contributed by atoms with Crippen LogP contribution in [-0.2, 0) is 9.53 Å². The van der Waals surface area contributed by atoms with Gasteiger partial charge in [-0.3, -0.25) is 0 Å². The molecule has 1 aromatic carbocycles. The van der Waals surface area contributed by atoms with Crippen LogP contribution in [0, 0.1) is 12.8 Å². The van der Waals surface area contributed by atoms with Crippen LogP contribution in [0.4, 0.5) is 0 Å². The van der Waals surface area contributed by atoms with Gasteiger partial charge in [0, 0.05) is 6.08 Å². The third-order valence-electron chi connectivity index (χ3n) is 3.95. The smallest absolute Gasteiger partial charge is 0.330 e. The highest BCUT2D eigenvalue weighted by Gasteiger charge is 2.04. The molecule has 0 aliphatic rings. The molecule has 26 heavy (non-hydrogen) atoms. The van der Waals surface area contributed by atoms with E-state index in [0.29, 0.717) is 12.5 Å². The Bertz CT molecular complexity index is 581. The maximum absolute atomic E-state index is 11.8. The Balaban J connectivity index is 0.00000301. The zero-order chi connectivity index (χ0) is 19.9. The van der Waals surface area contributed by atoms with Gasteiger partial charge >= 0.3 is 5.97 Å². The predicted molar refractivity (Wildman–Crippen MR) is 112 cm³/mol. The van der Waals surface area contributed by atoms with E-state index >= 15 is 0 Å². The van der Waals surface area contributed by atoms with E-state index in [1.807, 2.05) is 39.0 Å². The number of allylic oxidation sites excluding steroid dienone is 2. The first-order valence-corrected chi connectivity index (χ1v) is 9.55. The van der Waals surface area contributed by atoms with Crippen LogP contribution >= 0.6 is 0 Å². The van der Waals surface area contributed by atoms with E-state index in [0.717, 1.165) is 36.1 Å². The van der Waals surface area contributed by atoms with Crippen LogP contribution in [0.15, 0.2) is 35.9 Å². The number of hydrogen-bond acceptors (Lipinski definition) is 3. The highest BCUT2D eigenvalue weighted by molar-refractivity contribution is 5.87. The van der Waals surface area contributed by atoms with Gasteiger partial charge in [0.2, 0.25) is 0 Å². The Hall–Kier alpha value is -2.03. The fourth-order valence-electron chi connectivity index (χ4n) is 2.29. The third-order valence-corrected chi connectivity index (χ3v) is 3.95. The van der Waals surface area contributed by atoms with Crippen LogP contribution in [-0.4, -0.2) is 19.7 Å². The minimum absolute atomic E-state index is 0.297. The standard InChI is InChI=1S/C21H30O3.C2H6/c1-16(2)7-6-8-17(3)13-14-24-21(22)12-10-19-15-20(23-5)11-9-18(19)4;1-2/h7,9-12,15,17H,6,8,13-14H2,1-5H3;1-2H3/b12-10+;. The van der Waals surface area contributed by atoms with Crippen molar-refractivity contribution in [3.05, 3.63) is 47.1 Å². The molecule has 1 aromatic rings. The zero-order valence-electron chi connectivity index (χ0n) is 17.6. The van der Waals surface area contributed by atoms with Gasteiger partial charge < -0.3 is 9.47 Å². The summed E-state index contributed by atoms with van der Waals surface area (Å²) >= 11 is 0. The van der Waals surface area contributed by atoms with Crippen molar-refractivity contribution in [3.8, 4) is 5.75 Å². The summed E-state index contributed by atoms with van der Waals surface area (Å²) < 4.78 is 10.5. The monoisotopic (exact) mass is 360 g/mol. The van der Waals surface area contributed by atoms with Gasteiger partial charge in [0.25, 0.3) is 0 Å². The summed E-state index contributed by atoms with van der Waals surface area (Å²) in [6, 6.07) is 5.78. The first-order chi connectivity index (χ1) is 12.4. The summed E-state index contributed by atoms with van der Waals surface area (Å²) in [5.74, 6) is 1.03. The second-order valence-corrected chi connectivity index (χ2v) is 6.48. The summed E-state index contributed by atoms with van der Waals surface area (Å²) in [7, 11) is 1.63. The molecular weight excluding hydrogens is 324 g/mol. The van der Waals surface area contributed by atoms with Gasteiger partial charge in [-0.2, -0.15) is 0 Å². The van der Waals surface area contributed by atoms with Crippen LogP contribution < -0.4 is 4.74 Å². The molecule has 0 radical (unpaired) electrons. The molecule has 0 aliphatic heterocycles. The molecule has 0 fully saturated rings. The Morgan fingerprint density at radius 1 is 1.19 bits per heavy atom. The van der Waals surface area contributed by atoms with E-state index in [-0.39, 0.29) is 5.97 Å². The number of hydrogen-bond donors (Lipinski definition) is 0. The van der Waals surface area contributed by atoms with Gasteiger partial charge in [-0.25, -0.2) is 4.79 Å². The highest BCUT2D eigenvalue weighted by Crippen LogP contribution is 2.18. The number of carbonyl (C=O) groups excluding carboxylic acids is 1. The second-order valence-electron chi connectivity index (χ2n) is 6.48. The van der Waals surface area contributed by atoms with Crippen LogP contribution in [0.3, 0.4) is 0 Å². The first-order valence-electron chi connectivity index (χ1n) is 9.55. The minimum Gasteiger partial charge on any atom is -0.497 e. The maximum atomic E-state index is 11.8. The number of benzene rings is 1. The Kier molecular flexibility index (Phi) is 13.1. The van der Waals surface area contributed by atoms with E-state index in [2.05, 4.69) is 26.8 Å². The van der Waals surface area contributed by atoms with E-state index in [1.54, 1.807) is 13.2 Å². The average Bonchev–Trinajstić information content (AvgIpc) is 2.62. The van der Waals surface area contributed by atoms with Gasteiger partial charge in [-0.15, -0.1) is 0 Å². The average molecular weight is 361 g/mol. The van der Waals surface area contributed by atoms with E-state index in [9.17, 15) is 4.79 Å². The molecule has 0 spiro atoms. The molecule has 146 valence electrons. The predicted octanol–water partition coefficient (Wildman–Crippen LogP) is 6.36. The topological polar surface area (TPSA) is 35.5 Å². The van der Waals surface area contributed by atoms with Crippen molar-refractivity contribution in [3.63, 3.8) is 0 Å². The fraction of sp³-hybridized carbons (Fsp3) is 0.522. The van der Waals surface area contributed by atoms with Crippen molar-refractivity contribution in [2.24, 2.45) is 5.92 Å². The van der Waals surface area contributed by atoms with Crippen LogP contribution in [0.2, 0.25) is 0 Å². The molecule has 1 rings (SSSR count). The molecule has 0 aliphatic carbocycles. The van der Waals surface area contributed by atoms with Crippen molar-refractivity contribution in [2.75, 3.05) is 13.7 Å². The summed E-state index contributed by atoms with van der Waals surface area (Å²) in [4.78, 5) is 11.8. The van der Waals surface area contributed by atoms with Gasteiger partial charge in [0.15, 0.2) is 0 Å². The lowest BCUT2D eigenvalue weighted by Gasteiger charge is -2.10. The Labute approximate surface area is 160 Å². The Morgan fingerprint density at radius 3 is 2.50 bits per heavy atom. The van der Waals surface area contributed by atoms with E-state index in [4.69, 9.17) is 9.47 Å². The number of methoxy groups -OCH3 is 1.